The predicted octanol–water partition coefficient (Wildman–Crippen LogP) is 2.44. The largest absolute Gasteiger partial charge is 1.00 e. The molecule has 0 bridgehead atoms. The summed E-state index contributed by atoms with van der Waals surface area (Å²) in [5.41, 5.74) is 3.49. The standard InChI is InChI=1S/C26H23NO3.ClH/c1-2-6-19(7-3-1)17-28-24-13-11-21-8-4-5-9-22(21)23(24)16-27-15-20-10-12-25-26(14-20)30-18-29-25;/h1-14,27H,15-18H2;1H/p-1. The molecule has 5 rings (SSSR count). The summed E-state index contributed by atoms with van der Waals surface area (Å²) >= 11 is 0. The third-order valence-corrected chi connectivity index (χ3v) is 5.30. The Balaban J connectivity index is 0.00000231. The molecule has 4 aromatic rings. The molecule has 158 valence electrons. The van der Waals surface area contributed by atoms with Gasteiger partial charge in [0.1, 0.15) is 12.4 Å². The molecule has 1 aliphatic rings. The molecular formula is C26H23ClNO3-. The molecule has 31 heavy (non-hydrogen) atoms. The topological polar surface area (TPSA) is 39.7 Å². The van der Waals surface area contributed by atoms with Crippen LogP contribution in [0.5, 0.6) is 17.2 Å². The van der Waals surface area contributed by atoms with Crippen LogP contribution in [0.15, 0.2) is 84.9 Å². The molecule has 5 heteroatoms. The highest BCUT2D eigenvalue weighted by Gasteiger charge is 2.13. The lowest BCUT2D eigenvalue weighted by molar-refractivity contribution is -0.00000778. The number of halogens is 1. The Labute approximate surface area is 188 Å². The fourth-order valence-electron chi connectivity index (χ4n) is 3.75. The van der Waals surface area contributed by atoms with Gasteiger partial charge in [0.25, 0.3) is 0 Å². The zero-order valence-corrected chi connectivity index (χ0v) is 17.8. The molecule has 0 atom stereocenters. The fraction of sp³-hybridized carbons (Fsp3) is 0.154. The molecule has 0 amide bonds. The second kappa shape index (κ2) is 9.73. The minimum Gasteiger partial charge on any atom is -1.00 e. The first-order valence-corrected chi connectivity index (χ1v) is 10.1. The minimum atomic E-state index is 0. The Hall–Kier alpha value is -3.21. The van der Waals surface area contributed by atoms with E-state index in [0.29, 0.717) is 19.9 Å². The van der Waals surface area contributed by atoms with Gasteiger partial charge in [0.2, 0.25) is 6.79 Å². The molecule has 0 radical (unpaired) electrons. The van der Waals surface area contributed by atoms with Gasteiger partial charge in [0, 0.05) is 18.7 Å². The van der Waals surface area contributed by atoms with E-state index in [1.54, 1.807) is 0 Å². The monoisotopic (exact) mass is 432 g/mol. The highest BCUT2D eigenvalue weighted by molar-refractivity contribution is 5.87. The lowest BCUT2D eigenvalue weighted by atomic mass is 10.0. The zero-order chi connectivity index (χ0) is 20.2. The fourth-order valence-corrected chi connectivity index (χ4v) is 3.75. The molecule has 0 unspecified atom stereocenters. The van der Waals surface area contributed by atoms with Crippen LogP contribution < -0.4 is 31.9 Å². The van der Waals surface area contributed by atoms with Gasteiger partial charge in [-0.2, -0.15) is 0 Å². The van der Waals surface area contributed by atoms with Crippen molar-refractivity contribution < 1.29 is 26.6 Å². The Bertz CT molecular complexity index is 1160. The number of ether oxygens (including phenoxy) is 3. The van der Waals surface area contributed by atoms with Crippen LogP contribution in [-0.2, 0) is 19.7 Å². The molecule has 1 N–H and O–H groups in total. The number of hydrogen-bond acceptors (Lipinski definition) is 4. The second-order valence-corrected chi connectivity index (χ2v) is 7.33. The van der Waals surface area contributed by atoms with Gasteiger partial charge in [0.15, 0.2) is 11.5 Å². The van der Waals surface area contributed by atoms with Crippen LogP contribution in [0.3, 0.4) is 0 Å². The smallest absolute Gasteiger partial charge is 0.231 e. The lowest BCUT2D eigenvalue weighted by Crippen LogP contribution is -3.00. The highest BCUT2D eigenvalue weighted by Crippen LogP contribution is 2.33. The van der Waals surface area contributed by atoms with Gasteiger partial charge >= 0.3 is 0 Å². The molecule has 1 heterocycles. The summed E-state index contributed by atoms with van der Waals surface area (Å²) < 4.78 is 17.1. The van der Waals surface area contributed by atoms with Crippen molar-refractivity contribution in [1.82, 2.24) is 5.32 Å². The van der Waals surface area contributed by atoms with E-state index >= 15 is 0 Å². The molecule has 1 aliphatic heterocycles. The molecule has 0 saturated heterocycles. The zero-order valence-electron chi connectivity index (χ0n) is 17.0. The van der Waals surface area contributed by atoms with E-state index in [0.717, 1.165) is 34.9 Å². The van der Waals surface area contributed by atoms with Crippen molar-refractivity contribution in [3.05, 3.63) is 102 Å². The number of fused-ring (bicyclic) bond motifs is 2. The maximum Gasteiger partial charge on any atom is 0.231 e. The molecule has 4 aromatic carbocycles. The Kier molecular flexibility index (Phi) is 6.60. The van der Waals surface area contributed by atoms with Gasteiger partial charge in [-0.25, -0.2) is 0 Å². The maximum atomic E-state index is 6.22. The van der Waals surface area contributed by atoms with Crippen molar-refractivity contribution in [1.29, 1.82) is 0 Å². The van der Waals surface area contributed by atoms with Crippen molar-refractivity contribution >= 4 is 10.8 Å². The van der Waals surface area contributed by atoms with Gasteiger partial charge in [-0.15, -0.1) is 0 Å². The van der Waals surface area contributed by atoms with E-state index in [2.05, 4.69) is 59.9 Å². The average molecular weight is 433 g/mol. The quantitative estimate of drug-likeness (QED) is 0.487. The van der Waals surface area contributed by atoms with Crippen LogP contribution in [0.2, 0.25) is 0 Å². The van der Waals surface area contributed by atoms with Crippen molar-refractivity contribution in [2.75, 3.05) is 6.79 Å². The van der Waals surface area contributed by atoms with E-state index in [4.69, 9.17) is 14.2 Å². The van der Waals surface area contributed by atoms with Gasteiger partial charge in [0.05, 0.1) is 0 Å². The minimum absolute atomic E-state index is 0. The number of rotatable bonds is 7. The summed E-state index contributed by atoms with van der Waals surface area (Å²) in [4.78, 5) is 0. The van der Waals surface area contributed by atoms with Crippen LogP contribution in [0.4, 0.5) is 0 Å². The van der Waals surface area contributed by atoms with Crippen molar-refractivity contribution in [3.63, 3.8) is 0 Å². The predicted molar refractivity (Wildman–Crippen MR) is 118 cm³/mol. The molecule has 0 aromatic heterocycles. The van der Waals surface area contributed by atoms with Crippen molar-refractivity contribution in [3.8, 4) is 17.2 Å². The molecule has 0 spiro atoms. The Morgan fingerprint density at radius 3 is 2.45 bits per heavy atom. The van der Waals surface area contributed by atoms with Gasteiger partial charge in [-0.3, -0.25) is 0 Å². The highest BCUT2D eigenvalue weighted by atomic mass is 35.5. The first-order valence-electron chi connectivity index (χ1n) is 10.1. The Morgan fingerprint density at radius 1 is 0.742 bits per heavy atom. The van der Waals surface area contributed by atoms with E-state index in [1.165, 1.54) is 16.3 Å². The molecule has 0 saturated carbocycles. The van der Waals surface area contributed by atoms with Crippen LogP contribution in [-0.4, -0.2) is 6.79 Å². The summed E-state index contributed by atoms with van der Waals surface area (Å²) in [7, 11) is 0. The summed E-state index contributed by atoms with van der Waals surface area (Å²) in [6.45, 7) is 2.29. The Morgan fingerprint density at radius 2 is 1.55 bits per heavy atom. The van der Waals surface area contributed by atoms with E-state index in [-0.39, 0.29) is 12.4 Å². The third kappa shape index (κ3) is 4.76. The molecule has 0 fully saturated rings. The van der Waals surface area contributed by atoms with Crippen molar-refractivity contribution in [2.45, 2.75) is 19.7 Å². The van der Waals surface area contributed by atoms with Crippen LogP contribution in [0, 0.1) is 0 Å². The van der Waals surface area contributed by atoms with Gasteiger partial charge in [-0.1, -0.05) is 66.7 Å². The summed E-state index contributed by atoms with van der Waals surface area (Å²) in [5.74, 6) is 2.53. The molecular weight excluding hydrogens is 410 g/mol. The average Bonchev–Trinajstić information content (AvgIpc) is 3.27. The summed E-state index contributed by atoms with van der Waals surface area (Å²) in [5, 5.41) is 5.99. The third-order valence-electron chi connectivity index (χ3n) is 5.30. The normalized spacial score (nSPS) is 11.9. The van der Waals surface area contributed by atoms with Crippen LogP contribution in [0.1, 0.15) is 16.7 Å². The SMILES string of the molecule is [Cl-].c1ccc(COc2ccc3ccccc3c2CNCc2ccc3c(c2)OCO3)cc1. The number of nitrogens with one attached hydrogen (secondary N) is 1. The van der Waals surface area contributed by atoms with Gasteiger partial charge < -0.3 is 31.9 Å². The molecule has 4 nitrogen and oxygen atoms in total. The second-order valence-electron chi connectivity index (χ2n) is 7.33. The number of hydrogen-bond donors (Lipinski definition) is 1. The maximum absolute atomic E-state index is 6.22. The first kappa shape index (κ1) is 21.0. The van der Waals surface area contributed by atoms with Crippen molar-refractivity contribution in [2.24, 2.45) is 0 Å². The van der Waals surface area contributed by atoms with E-state index < -0.39 is 0 Å². The summed E-state index contributed by atoms with van der Waals surface area (Å²) in [6.07, 6.45) is 0. The van der Waals surface area contributed by atoms with Crippen LogP contribution >= 0.6 is 0 Å². The van der Waals surface area contributed by atoms with Crippen LogP contribution in [0.25, 0.3) is 10.8 Å². The lowest BCUT2D eigenvalue weighted by Gasteiger charge is -2.15. The first-order chi connectivity index (χ1) is 14.9. The number of benzene rings is 4. The van der Waals surface area contributed by atoms with E-state index in [9.17, 15) is 0 Å². The van der Waals surface area contributed by atoms with E-state index in [1.807, 2.05) is 30.3 Å². The van der Waals surface area contributed by atoms with Gasteiger partial charge in [-0.05, 0) is 40.1 Å². The molecule has 0 aliphatic carbocycles. The summed E-state index contributed by atoms with van der Waals surface area (Å²) in [6, 6.07) is 28.9.